The second-order valence-corrected chi connectivity index (χ2v) is 11.3. The van der Waals surface area contributed by atoms with E-state index in [4.69, 9.17) is 0 Å². The van der Waals surface area contributed by atoms with Gasteiger partial charge in [-0.2, -0.15) is 0 Å². The lowest BCUT2D eigenvalue weighted by atomic mass is 9.95. The van der Waals surface area contributed by atoms with Crippen LogP contribution in [0.25, 0.3) is 0 Å². The number of nitrogens with one attached hydrogen (secondary N) is 1. The molecule has 0 heterocycles. The maximum atomic E-state index is 13.3. The van der Waals surface area contributed by atoms with E-state index in [2.05, 4.69) is 5.32 Å². The van der Waals surface area contributed by atoms with Crippen LogP contribution in [-0.2, 0) is 26.2 Å². The van der Waals surface area contributed by atoms with Crippen LogP contribution in [0.15, 0.2) is 65.6 Å². The first-order chi connectivity index (χ1) is 16.8. The SMILES string of the molecule is CC(C(=O)NC1CCCCC1)N(Cc1ccccc1)C(=O)CCCN(C)S(=O)(=O)c1ccccc1. The maximum Gasteiger partial charge on any atom is 0.242 e. The molecule has 2 aromatic rings. The molecule has 1 aliphatic rings. The quantitative estimate of drug-likeness (QED) is 0.507. The zero-order valence-electron chi connectivity index (χ0n) is 20.7. The largest absolute Gasteiger partial charge is 0.352 e. The zero-order chi connectivity index (χ0) is 25.3. The second-order valence-electron chi connectivity index (χ2n) is 9.27. The third-order valence-corrected chi connectivity index (χ3v) is 8.50. The van der Waals surface area contributed by atoms with Crippen LogP contribution in [0.2, 0.25) is 0 Å². The Morgan fingerprint density at radius 1 is 0.971 bits per heavy atom. The Kier molecular flexibility index (Phi) is 9.86. The number of rotatable bonds is 11. The average molecular weight is 500 g/mol. The molecule has 1 atom stereocenters. The average Bonchev–Trinajstić information content (AvgIpc) is 2.88. The van der Waals surface area contributed by atoms with Crippen LogP contribution < -0.4 is 5.32 Å². The number of hydrogen-bond donors (Lipinski definition) is 1. The monoisotopic (exact) mass is 499 g/mol. The van der Waals surface area contributed by atoms with E-state index in [0.717, 1.165) is 31.2 Å². The summed E-state index contributed by atoms with van der Waals surface area (Å²) >= 11 is 0. The first-order valence-electron chi connectivity index (χ1n) is 12.4. The molecule has 1 aliphatic carbocycles. The number of nitrogens with zero attached hydrogens (tertiary/aromatic N) is 2. The topological polar surface area (TPSA) is 86.8 Å². The molecule has 1 N–H and O–H groups in total. The van der Waals surface area contributed by atoms with Gasteiger partial charge in [0.05, 0.1) is 4.90 Å². The van der Waals surface area contributed by atoms with Crippen molar-refractivity contribution in [3.8, 4) is 0 Å². The molecular formula is C27H37N3O4S. The number of carbonyl (C=O) groups is 2. The van der Waals surface area contributed by atoms with Gasteiger partial charge in [-0.1, -0.05) is 67.8 Å². The van der Waals surface area contributed by atoms with Gasteiger partial charge in [-0.05, 0) is 43.9 Å². The zero-order valence-corrected chi connectivity index (χ0v) is 21.5. The van der Waals surface area contributed by atoms with Crippen molar-refractivity contribution >= 4 is 21.8 Å². The molecule has 1 fully saturated rings. The summed E-state index contributed by atoms with van der Waals surface area (Å²) in [5, 5.41) is 3.13. The minimum atomic E-state index is -3.61. The van der Waals surface area contributed by atoms with E-state index in [1.165, 1.54) is 17.8 Å². The number of sulfonamides is 1. The van der Waals surface area contributed by atoms with E-state index in [0.29, 0.717) is 13.0 Å². The van der Waals surface area contributed by atoms with E-state index in [-0.39, 0.29) is 35.7 Å². The summed E-state index contributed by atoms with van der Waals surface area (Å²) in [7, 11) is -2.08. The van der Waals surface area contributed by atoms with E-state index in [1.54, 1.807) is 42.2 Å². The van der Waals surface area contributed by atoms with Crippen molar-refractivity contribution in [2.45, 2.75) is 75.4 Å². The fourth-order valence-electron chi connectivity index (χ4n) is 4.42. The van der Waals surface area contributed by atoms with Crippen LogP contribution in [-0.4, -0.2) is 55.1 Å². The molecule has 0 spiro atoms. The summed E-state index contributed by atoms with van der Waals surface area (Å²) in [5.74, 6) is -0.296. The second kappa shape index (κ2) is 12.8. The maximum absolute atomic E-state index is 13.3. The third-order valence-electron chi connectivity index (χ3n) is 6.63. The van der Waals surface area contributed by atoms with Crippen LogP contribution in [0.4, 0.5) is 0 Å². The number of amides is 2. The number of carbonyl (C=O) groups excluding carboxylic acids is 2. The first-order valence-corrected chi connectivity index (χ1v) is 13.9. The Balaban J connectivity index is 1.62. The highest BCUT2D eigenvalue weighted by Gasteiger charge is 2.28. The van der Waals surface area contributed by atoms with Gasteiger partial charge in [0.25, 0.3) is 0 Å². The van der Waals surface area contributed by atoms with Crippen molar-refractivity contribution in [1.29, 1.82) is 0 Å². The summed E-state index contributed by atoms with van der Waals surface area (Å²) in [4.78, 5) is 28.1. The lowest BCUT2D eigenvalue weighted by molar-refractivity contribution is -0.141. The molecule has 0 aromatic heterocycles. The van der Waals surface area contributed by atoms with Gasteiger partial charge in [-0.3, -0.25) is 9.59 Å². The van der Waals surface area contributed by atoms with E-state index in [1.807, 2.05) is 30.3 Å². The lowest BCUT2D eigenvalue weighted by Crippen LogP contribution is -2.50. The van der Waals surface area contributed by atoms with Crippen LogP contribution in [0.5, 0.6) is 0 Å². The summed E-state index contributed by atoms with van der Waals surface area (Å²) < 4.78 is 26.8. The fourth-order valence-corrected chi connectivity index (χ4v) is 5.65. The summed E-state index contributed by atoms with van der Waals surface area (Å²) in [6.07, 6.45) is 5.92. The molecule has 35 heavy (non-hydrogen) atoms. The predicted octanol–water partition coefficient (Wildman–Crippen LogP) is 3.95. The molecule has 1 unspecified atom stereocenters. The molecule has 0 radical (unpaired) electrons. The van der Waals surface area contributed by atoms with Gasteiger partial charge in [0.2, 0.25) is 21.8 Å². The number of hydrogen-bond acceptors (Lipinski definition) is 4. The Bertz CT molecular complexity index is 1050. The van der Waals surface area contributed by atoms with Crippen molar-refractivity contribution < 1.29 is 18.0 Å². The standard InChI is InChI=1S/C27H37N3O4S/c1-22(27(32)28-24-15-8-4-9-16-24)30(21-23-13-6-3-7-14-23)26(31)19-12-20-29(2)35(33,34)25-17-10-5-11-18-25/h3,5-7,10-11,13-14,17-18,22,24H,4,8-9,12,15-16,19-21H2,1-2H3,(H,28,32). The van der Waals surface area contributed by atoms with Gasteiger partial charge in [-0.15, -0.1) is 0 Å². The molecule has 1 saturated carbocycles. The minimum Gasteiger partial charge on any atom is -0.352 e. The highest BCUT2D eigenvalue weighted by Crippen LogP contribution is 2.19. The summed E-state index contributed by atoms with van der Waals surface area (Å²) in [6, 6.07) is 17.4. The van der Waals surface area contributed by atoms with Gasteiger partial charge in [0.1, 0.15) is 6.04 Å². The van der Waals surface area contributed by atoms with E-state index in [9.17, 15) is 18.0 Å². The van der Waals surface area contributed by atoms with E-state index < -0.39 is 16.1 Å². The summed E-state index contributed by atoms with van der Waals surface area (Å²) in [5.41, 5.74) is 0.946. The molecule has 8 heteroatoms. The van der Waals surface area contributed by atoms with Crippen LogP contribution in [0.3, 0.4) is 0 Å². The summed E-state index contributed by atoms with van der Waals surface area (Å²) in [6.45, 7) is 2.31. The predicted molar refractivity (Wildman–Crippen MR) is 137 cm³/mol. The van der Waals surface area contributed by atoms with Gasteiger partial charge < -0.3 is 10.2 Å². The number of benzene rings is 2. The molecule has 3 rings (SSSR count). The van der Waals surface area contributed by atoms with Crippen LogP contribution in [0, 0.1) is 0 Å². The van der Waals surface area contributed by atoms with Crippen molar-refractivity contribution in [3.05, 3.63) is 66.2 Å². The van der Waals surface area contributed by atoms with Crippen molar-refractivity contribution in [2.75, 3.05) is 13.6 Å². The smallest absolute Gasteiger partial charge is 0.242 e. The molecular weight excluding hydrogens is 462 g/mol. The van der Waals surface area contributed by atoms with Gasteiger partial charge in [0.15, 0.2) is 0 Å². The van der Waals surface area contributed by atoms with Crippen molar-refractivity contribution in [3.63, 3.8) is 0 Å². The molecule has 2 amide bonds. The molecule has 2 aromatic carbocycles. The van der Waals surface area contributed by atoms with Gasteiger partial charge >= 0.3 is 0 Å². The Hall–Kier alpha value is -2.71. The molecule has 0 bridgehead atoms. The minimum absolute atomic E-state index is 0.134. The van der Waals surface area contributed by atoms with Crippen LogP contribution in [0.1, 0.15) is 57.4 Å². The highest BCUT2D eigenvalue weighted by atomic mass is 32.2. The molecule has 7 nitrogen and oxygen atoms in total. The van der Waals surface area contributed by atoms with Gasteiger partial charge in [0, 0.05) is 32.6 Å². The molecule has 0 saturated heterocycles. The fraction of sp³-hybridized carbons (Fsp3) is 0.481. The Labute approximate surface area is 209 Å². The van der Waals surface area contributed by atoms with E-state index >= 15 is 0 Å². The highest BCUT2D eigenvalue weighted by molar-refractivity contribution is 7.89. The Morgan fingerprint density at radius 2 is 1.57 bits per heavy atom. The van der Waals surface area contributed by atoms with Crippen molar-refractivity contribution in [2.24, 2.45) is 0 Å². The molecule has 190 valence electrons. The van der Waals surface area contributed by atoms with Gasteiger partial charge in [-0.25, -0.2) is 12.7 Å². The molecule has 0 aliphatic heterocycles. The first kappa shape index (κ1) is 26.9. The van der Waals surface area contributed by atoms with Crippen molar-refractivity contribution in [1.82, 2.24) is 14.5 Å². The third kappa shape index (κ3) is 7.64. The Morgan fingerprint density at radius 3 is 2.20 bits per heavy atom. The normalized spacial score (nSPS) is 15.5. The lowest BCUT2D eigenvalue weighted by Gasteiger charge is -2.31. The van der Waals surface area contributed by atoms with Crippen LogP contribution >= 0.6 is 0 Å².